The number of hydrogen-bond donors (Lipinski definition) is 2. The van der Waals surface area contributed by atoms with Crippen LogP contribution in [-0.2, 0) is 0 Å². The lowest BCUT2D eigenvalue weighted by Gasteiger charge is -2.58. The highest BCUT2D eigenvalue weighted by Gasteiger charge is 2.61. The van der Waals surface area contributed by atoms with Crippen molar-refractivity contribution in [3.8, 4) is 0 Å². The molecule has 0 amide bonds. The minimum Gasteiger partial charge on any atom is -0.393 e. The normalized spacial score (nSPS) is 56.6. The molecule has 3 aliphatic rings. The van der Waals surface area contributed by atoms with Gasteiger partial charge in [0.25, 0.3) is 0 Å². The van der Waals surface area contributed by atoms with Gasteiger partial charge in [0.2, 0.25) is 0 Å². The summed E-state index contributed by atoms with van der Waals surface area (Å²) in [7, 11) is 0. The number of rotatable bonds is 0. The van der Waals surface area contributed by atoms with Crippen LogP contribution in [0.25, 0.3) is 0 Å². The fourth-order valence-electron chi connectivity index (χ4n) is 5.10. The van der Waals surface area contributed by atoms with Crippen LogP contribution < -0.4 is 0 Å². The molecule has 0 aliphatic heterocycles. The van der Waals surface area contributed by atoms with Crippen molar-refractivity contribution >= 4 is 0 Å². The summed E-state index contributed by atoms with van der Waals surface area (Å²) in [6.45, 7) is 6.86. The lowest BCUT2D eigenvalue weighted by atomic mass is 9.49. The van der Waals surface area contributed by atoms with E-state index in [1.165, 1.54) is 12.8 Å². The van der Waals surface area contributed by atoms with Crippen LogP contribution in [-0.4, -0.2) is 21.9 Å². The number of aliphatic hydroxyl groups is 2. The van der Waals surface area contributed by atoms with Crippen molar-refractivity contribution < 1.29 is 10.2 Å². The Morgan fingerprint density at radius 3 is 2.35 bits per heavy atom. The summed E-state index contributed by atoms with van der Waals surface area (Å²) in [6, 6.07) is 0. The van der Waals surface area contributed by atoms with E-state index >= 15 is 0 Å². The average Bonchev–Trinajstić information content (AvgIpc) is 2.28. The Morgan fingerprint density at radius 1 is 1.00 bits per heavy atom. The van der Waals surface area contributed by atoms with E-state index in [4.69, 9.17) is 0 Å². The van der Waals surface area contributed by atoms with Crippen molar-refractivity contribution in [2.24, 2.45) is 22.7 Å². The van der Waals surface area contributed by atoms with E-state index in [1.807, 2.05) is 0 Å². The second kappa shape index (κ2) is 3.27. The summed E-state index contributed by atoms with van der Waals surface area (Å²) in [5, 5.41) is 21.2. The summed E-state index contributed by atoms with van der Waals surface area (Å²) >= 11 is 0. The van der Waals surface area contributed by atoms with E-state index < -0.39 is 5.60 Å². The Hall–Kier alpha value is -0.0800. The Labute approximate surface area is 104 Å². The predicted molar refractivity (Wildman–Crippen MR) is 67.5 cm³/mol. The van der Waals surface area contributed by atoms with Crippen LogP contribution in [0.2, 0.25) is 0 Å². The minimum absolute atomic E-state index is 0.0413. The molecule has 2 heteroatoms. The van der Waals surface area contributed by atoms with E-state index in [1.54, 1.807) is 0 Å². The molecule has 2 bridgehead atoms. The Bertz CT molecular complexity index is 338. The van der Waals surface area contributed by atoms with Gasteiger partial charge in [-0.1, -0.05) is 20.8 Å². The molecule has 0 heterocycles. The van der Waals surface area contributed by atoms with Crippen LogP contribution in [0.1, 0.15) is 59.3 Å². The molecule has 2 N–H and O–H groups in total. The second-order valence-corrected chi connectivity index (χ2v) is 7.93. The van der Waals surface area contributed by atoms with Gasteiger partial charge < -0.3 is 10.2 Å². The first-order valence-electron chi connectivity index (χ1n) is 7.17. The van der Waals surface area contributed by atoms with Crippen molar-refractivity contribution in [1.29, 1.82) is 0 Å². The molecule has 0 radical (unpaired) electrons. The summed E-state index contributed by atoms with van der Waals surface area (Å²) in [5.74, 6) is 1.16. The van der Waals surface area contributed by atoms with Gasteiger partial charge in [-0.3, -0.25) is 0 Å². The van der Waals surface area contributed by atoms with Gasteiger partial charge in [-0.05, 0) is 61.2 Å². The highest BCUT2D eigenvalue weighted by molar-refractivity contribution is 5.12. The topological polar surface area (TPSA) is 40.5 Å². The van der Waals surface area contributed by atoms with Crippen LogP contribution in [0.5, 0.6) is 0 Å². The lowest BCUT2D eigenvalue weighted by Crippen LogP contribution is -2.57. The molecule has 2 nitrogen and oxygen atoms in total. The molecule has 5 atom stereocenters. The van der Waals surface area contributed by atoms with Crippen LogP contribution in [0, 0.1) is 22.7 Å². The summed E-state index contributed by atoms with van der Waals surface area (Å²) in [5.41, 5.74) is -0.121. The standard InChI is InChI=1S/C15H26O2/c1-13(2)8-11-10(13)4-6-14(3)9-15(11,17)7-5-12(14)16/h10-12,16-17H,4-9H2,1-3H3/t10-,11-,12+,14?,15+/m1/s1. The van der Waals surface area contributed by atoms with Crippen molar-refractivity contribution in [2.45, 2.75) is 71.0 Å². The van der Waals surface area contributed by atoms with E-state index in [2.05, 4.69) is 20.8 Å². The highest BCUT2D eigenvalue weighted by Crippen LogP contribution is 2.64. The Kier molecular flexibility index (Phi) is 2.30. The summed E-state index contributed by atoms with van der Waals surface area (Å²) in [6.07, 6.45) is 5.65. The first-order valence-corrected chi connectivity index (χ1v) is 7.17. The van der Waals surface area contributed by atoms with E-state index in [0.717, 1.165) is 25.7 Å². The molecule has 0 aromatic carbocycles. The highest BCUT2D eigenvalue weighted by atomic mass is 16.3. The molecule has 17 heavy (non-hydrogen) atoms. The molecular weight excluding hydrogens is 212 g/mol. The molecule has 1 unspecified atom stereocenters. The third-order valence-electron chi connectivity index (χ3n) is 6.32. The zero-order chi connectivity index (χ0) is 12.5. The van der Waals surface area contributed by atoms with Crippen molar-refractivity contribution in [3.05, 3.63) is 0 Å². The van der Waals surface area contributed by atoms with E-state index in [9.17, 15) is 10.2 Å². The molecule has 3 rings (SSSR count). The third kappa shape index (κ3) is 1.53. The van der Waals surface area contributed by atoms with Gasteiger partial charge in [-0.25, -0.2) is 0 Å². The Balaban J connectivity index is 1.93. The number of hydrogen-bond acceptors (Lipinski definition) is 2. The van der Waals surface area contributed by atoms with Gasteiger partial charge in [0.05, 0.1) is 11.7 Å². The number of fused-ring (bicyclic) bond motifs is 4. The van der Waals surface area contributed by atoms with Crippen LogP contribution in [0.4, 0.5) is 0 Å². The third-order valence-corrected chi connectivity index (χ3v) is 6.32. The summed E-state index contributed by atoms with van der Waals surface area (Å²) < 4.78 is 0. The van der Waals surface area contributed by atoms with Gasteiger partial charge in [0.15, 0.2) is 0 Å². The van der Waals surface area contributed by atoms with Gasteiger partial charge in [-0.2, -0.15) is 0 Å². The van der Waals surface area contributed by atoms with Gasteiger partial charge in [0.1, 0.15) is 0 Å². The number of aliphatic hydroxyl groups excluding tert-OH is 1. The zero-order valence-electron chi connectivity index (χ0n) is 11.4. The lowest BCUT2D eigenvalue weighted by molar-refractivity contribution is -0.176. The first-order chi connectivity index (χ1) is 7.77. The largest absolute Gasteiger partial charge is 0.393 e. The molecule has 3 aliphatic carbocycles. The molecule has 3 saturated carbocycles. The molecule has 0 aromatic rings. The molecule has 0 saturated heterocycles. The van der Waals surface area contributed by atoms with Crippen LogP contribution in [0.15, 0.2) is 0 Å². The van der Waals surface area contributed by atoms with E-state index in [0.29, 0.717) is 17.3 Å². The van der Waals surface area contributed by atoms with Crippen LogP contribution in [0.3, 0.4) is 0 Å². The average molecular weight is 238 g/mol. The van der Waals surface area contributed by atoms with Crippen molar-refractivity contribution in [2.75, 3.05) is 0 Å². The predicted octanol–water partition coefficient (Wildman–Crippen LogP) is 2.72. The molecule has 0 aromatic heterocycles. The molecule has 0 spiro atoms. The fourth-order valence-corrected chi connectivity index (χ4v) is 5.10. The zero-order valence-corrected chi connectivity index (χ0v) is 11.4. The maximum atomic E-state index is 11.0. The van der Waals surface area contributed by atoms with Gasteiger partial charge in [-0.15, -0.1) is 0 Å². The van der Waals surface area contributed by atoms with E-state index in [-0.39, 0.29) is 11.5 Å². The molecule has 3 fully saturated rings. The maximum Gasteiger partial charge on any atom is 0.0686 e. The Morgan fingerprint density at radius 2 is 1.71 bits per heavy atom. The monoisotopic (exact) mass is 238 g/mol. The SMILES string of the molecule is CC1(C)C[C@@H]2[C@H]1CCC1(C)C[C@@]2(O)CC[C@@H]1O. The van der Waals surface area contributed by atoms with Crippen molar-refractivity contribution in [3.63, 3.8) is 0 Å². The van der Waals surface area contributed by atoms with Gasteiger partial charge in [0, 0.05) is 0 Å². The minimum atomic E-state index is -0.481. The van der Waals surface area contributed by atoms with Crippen LogP contribution >= 0.6 is 0 Å². The van der Waals surface area contributed by atoms with Crippen molar-refractivity contribution in [1.82, 2.24) is 0 Å². The smallest absolute Gasteiger partial charge is 0.0686 e. The molecule has 98 valence electrons. The van der Waals surface area contributed by atoms with Gasteiger partial charge >= 0.3 is 0 Å². The maximum absolute atomic E-state index is 11.0. The quantitative estimate of drug-likeness (QED) is 0.681. The second-order valence-electron chi connectivity index (χ2n) is 7.93. The molecular formula is C15H26O2. The first kappa shape index (κ1) is 12.0. The fraction of sp³-hybridized carbons (Fsp3) is 1.00. The summed E-state index contributed by atoms with van der Waals surface area (Å²) in [4.78, 5) is 0.